The molecule has 0 bridgehead atoms. The van der Waals surface area contributed by atoms with Crippen molar-refractivity contribution in [1.29, 1.82) is 0 Å². The van der Waals surface area contributed by atoms with Crippen LogP contribution in [-0.2, 0) is 4.79 Å². The zero-order valence-corrected chi connectivity index (χ0v) is 11.1. The fraction of sp³-hybridized carbons (Fsp3) is 0.500. The Morgan fingerprint density at radius 1 is 1.24 bits per heavy atom. The third-order valence-corrected chi connectivity index (χ3v) is 2.97. The number of nitrogens with one attached hydrogen (secondary N) is 1. The Hall–Kier alpha value is -1.51. The molecule has 0 fully saturated rings. The molecule has 0 aliphatic heterocycles. The molecule has 0 saturated heterocycles. The number of hydrogen-bond donors (Lipinski definition) is 1. The summed E-state index contributed by atoms with van der Waals surface area (Å²) in [4.78, 5) is 13.7. The molecule has 0 spiro atoms. The Morgan fingerprint density at radius 3 is 2.35 bits per heavy atom. The molecule has 94 valence electrons. The molecule has 0 radical (unpaired) electrons. The van der Waals surface area contributed by atoms with Gasteiger partial charge in [-0.15, -0.1) is 0 Å². The van der Waals surface area contributed by atoms with E-state index in [9.17, 15) is 4.79 Å². The van der Waals surface area contributed by atoms with Crippen LogP contribution in [0.1, 0.15) is 20.8 Å². The lowest BCUT2D eigenvalue weighted by molar-refractivity contribution is -0.120. The van der Waals surface area contributed by atoms with E-state index in [1.54, 1.807) is 0 Å². The summed E-state index contributed by atoms with van der Waals surface area (Å²) >= 11 is 0. The number of anilines is 1. The zero-order chi connectivity index (χ0) is 12.8. The summed E-state index contributed by atoms with van der Waals surface area (Å²) in [6.45, 7) is 6.63. The lowest BCUT2D eigenvalue weighted by Crippen LogP contribution is -2.41. The molecule has 0 saturated carbocycles. The minimum atomic E-state index is 0.0672. The maximum absolute atomic E-state index is 11.8. The van der Waals surface area contributed by atoms with Crippen molar-refractivity contribution in [3.63, 3.8) is 0 Å². The summed E-state index contributed by atoms with van der Waals surface area (Å²) in [6, 6.07) is 10.1. The van der Waals surface area contributed by atoms with Crippen molar-refractivity contribution in [2.24, 2.45) is 5.92 Å². The van der Waals surface area contributed by atoms with Gasteiger partial charge in [-0.25, -0.2) is 0 Å². The van der Waals surface area contributed by atoms with Gasteiger partial charge in [0.15, 0.2) is 0 Å². The van der Waals surface area contributed by atoms with Gasteiger partial charge in [0.2, 0.25) is 5.91 Å². The molecule has 3 heteroatoms. The van der Waals surface area contributed by atoms with Crippen molar-refractivity contribution in [2.75, 3.05) is 18.5 Å². The maximum atomic E-state index is 11.8. The minimum Gasteiger partial charge on any atom is -0.365 e. The van der Waals surface area contributed by atoms with Crippen LogP contribution in [0.3, 0.4) is 0 Å². The fourth-order valence-corrected chi connectivity index (χ4v) is 1.46. The summed E-state index contributed by atoms with van der Waals surface area (Å²) in [5.74, 6) is 0.526. The number of nitrogens with zero attached hydrogens (tertiary/aromatic N) is 1. The van der Waals surface area contributed by atoms with Gasteiger partial charge in [-0.3, -0.25) is 4.79 Å². The van der Waals surface area contributed by atoms with E-state index < -0.39 is 0 Å². The highest BCUT2D eigenvalue weighted by Crippen LogP contribution is 2.10. The van der Waals surface area contributed by atoms with Crippen LogP contribution in [0.15, 0.2) is 30.3 Å². The minimum absolute atomic E-state index is 0.0672. The van der Waals surface area contributed by atoms with Gasteiger partial charge in [-0.2, -0.15) is 0 Å². The summed E-state index contributed by atoms with van der Waals surface area (Å²) in [7, 11) is 1.93. The van der Waals surface area contributed by atoms with Gasteiger partial charge in [-0.05, 0) is 25.0 Å². The summed E-state index contributed by atoms with van der Waals surface area (Å²) in [5.41, 5.74) is 1.06. The lowest BCUT2D eigenvalue weighted by atomic mass is 10.1. The number of para-hydroxylation sites is 1. The van der Waals surface area contributed by atoms with E-state index in [4.69, 9.17) is 0 Å². The predicted octanol–water partition coefficient (Wildman–Crippen LogP) is 2.28. The Bertz CT molecular complexity index is 348. The van der Waals surface area contributed by atoms with Gasteiger partial charge in [0, 0.05) is 18.8 Å². The molecule has 1 unspecified atom stereocenters. The van der Waals surface area contributed by atoms with Crippen LogP contribution in [0.4, 0.5) is 5.69 Å². The second kappa shape index (κ2) is 6.28. The first-order valence-corrected chi connectivity index (χ1v) is 6.06. The van der Waals surface area contributed by atoms with Crippen LogP contribution >= 0.6 is 0 Å². The number of hydrogen-bond acceptors (Lipinski definition) is 2. The van der Waals surface area contributed by atoms with Crippen LogP contribution in [0.25, 0.3) is 0 Å². The third kappa shape index (κ3) is 4.47. The first kappa shape index (κ1) is 13.6. The van der Waals surface area contributed by atoms with Gasteiger partial charge in [0.05, 0.1) is 6.54 Å². The number of amides is 1. The first-order valence-electron chi connectivity index (χ1n) is 6.06. The van der Waals surface area contributed by atoms with E-state index in [2.05, 4.69) is 19.2 Å². The van der Waals surface area contributed by atoms with Crippen LogP contribution in [0, 0.1) is 5.92 Å². The summed E-state index contributed by atoms with van der Waals surface area (Å²) in [6.07, 6.45) is 0. The summed E-state index contributed by atoms with van der Waals surface area (Å²) < 4.78 is 0. The van der Waals surface area contributed by atoms with E-state index in [0.717, 1.165) is 5.69 Å². The lowest BCUT2D eigenvalue weighted by Gasteiger charge is -2.22. The number of rotatable bonds is 5. The Morgan fingerprint density at radius 2 is 1.82 bits per heavy atom. The van der Waals surface area contributed by atoms with Crippen molar-refractivity contribution in [3.05, 3.63) is 30.3 Å². The molecule has 17 heavy (non-hydrogen) atoms. The van der Waals surface area contributed by atoms with Gasteiger partial charge in [0.1, 0.15) is 0 Å². The van der Waals surface area contributed by atoms with Crippen LogP contribution < -0.4 is 10.2 Å². The largest absolute Gasteiger partial charge is 0.365 e. The van der Waals surface area contributed by atoms with Gasteiger partial charge < -0.3 is 10.2 Å². The molecule has 0 aromatic heterocycles. The van der Waals surface area contributed by atoms with Crippen molar-refractivity contribution in [1.82, 2.24) is 5.32 Å². The average molecular weight is 234 g/mol. The standard InChI is InChI=1S/C14H22N2O/c1-11(2)12(3)15-14(17)10-16(4)13-8-6-5-7-9-13/h5-9,11-12H,10H2,1-4H3,(H,15,17). The number of likely N-dealkylation sites (N-methyl/N-ethyl adjacent to an activating group) is 1. The molecule has 1 rings (SSSR count). The van der Waals surface area contributed by atoms with E-state index in [0.29, 0.717) is 12.5 Å². The average Bonchev–Trinajstić information content (AvgIpc) is 2.29. The third-order valence-electron chi connectivity index (χ3n) is 2.97. The van der Waals surface area contributed by atoms with E-state index in [1.165, 1.54) is 0 Å². The smallest absolute Gasteiger partial charge is 0.239 e. The number of carbonyl (C=O) groups is 1. The molecule has 0 aliphatic rings. The van der Waals surface area contributed by atoms with Crippen molar-refractivity contribution >= 4 is 11.6 Å². The Labute approximate surface area is 104 Å². The Kier molecular flexibility index (Phi) is 5.01. The molecule has 1 aromatic carbocycles. The number of benzene rings is 1. The molecular formula is C14H22N2O. The molecule has 0 heterocycles. The quantitative estimate of drug-likeness (QED) is 0.847. The van der Waals surface area contributed by atoms with E-state index >= 15 is 0 Å². The maximum Gasteiger partial charge on any atom is 0.239 e. The topological polar surface area (TPSA) is 32.3 Å². The van der Waals surface area contributed by atoms with Crippen LogP contribution in [0.2, 0.25) is 0 Å². The second-order valence-corrected chi connectivity index (χ2v) is 4.79. The van der Waals surface area contributed by atoms with Gasteiger partial charge in [0.25, 0.3) is 0 Å². The molecule has 1 N–H and O–H groups in total. The van der Waals surface area contributed by atoms with Crippen LogP contribution in [0.5, 0.6) is 0 Å². The summed E-state index contributed by atoms with van der Waals surface area (Å²) in [5, 5.41) is 3.00. The van der Waals surface area contributed by atoms with Gasteiger partial charge in [-0.1, -0.05) is 32.0 Å². The van der Waals surface area contributed by atoms with E-state index in [-0.39, 0.29) is 11.9 Å². The van der Waals surface area contributed by atoms with Crippen molar-refractivity contribution in [3.8, 4) is 0 Å². The molecule has 3 nitrogen and oxygen atoms in total. The first-order chi connectivity index (χ1) is 8.00. The molecule has 1 aromatic rings. The van der Waals surface area contributed by atoms with Crippen LogP contribution in [-0.4, -0.2) is 25.5 Å². The molecule has 1 amide bonds. The molecule has 1 atom stereocenters. The van der Waals surface area contributed by atoms with Crippen molar-refractivity contribution < 1.29 is 4.79 Å². The zero-order valence-electron chi connectivity index (χ0n) is 11.1. The SMILES string of the molecule is CC(C)C(C)NC(=O)CN(C)c1ccccc1. The highest BCUT2D eigenvalue weighted by atomic mass is 16.2. The Balaban J connectivity index is 2.47. The second-order valence-electron chi connectivity index (χ2n) is 4.79. The normalized spacial score (nSPS) is 12.3. The fourth-order valence-electron chi connectivity index (χ4n) is 1.46. The highest BCUT2D eigenvalue weighted by Gasteiger charge is 2.12. The molecule has 0 aliphatic carbocycles. The van der Waals surface area contributed by atoms with Gasteiger partial charge >= 0.3 is 0 Å². The molecular weight excluding hydrogens is 212 g/mol. The number of carbonyl (C=O) groups excluding carboxylic acids is 1. The predicted molar refractivity (Wildman–Crippen MR) is 72.2 cm³/mol. The monoisotopic (exact) mass is 234 g/mol. The van der Waals surface area contributed by atoms with Crippen molar-refractivity contribution in [2.45, 2.75) is 26.8 Å². The highest BCUT2D eigenvalue weighted by molar-refractivity contribution is 5.81. The van der Waals surface area contributed by atoms with E-state index in [1.807, 2.05) is 49.2 Å².